The molecule has 2 fully saturated rings. The average molecular weight is 184 g/mol. The number of aldehydes is 1. The first-order valence-corrected chi connectivity index (χ1v) is 5.07. The van der Waals surface area contributed by atoms with Crippen LogP contribution in [-0.4, -0.2) is 29.7 Å². The molecule has 0 radical (unpaired) electrons. The van der Waals surface area contributed by atoms with Crippen molar-refractivity contribution in [2.45, 2.75) is 43.8 Å². The maximum absolute atomic E-state index is 11.0. The molecule has 0 amide bonds. The number of aliphatic hydroxyl groups excluding tert-OH is 1. The van der Waals surface area contributed by atoms with Gasteiger partial charge in [0.1, 0.15) is 5.60 Å². The number of rotatable bonds is 2. The van der Waals surface area contributed by atoms with Gasteiger partial charge in [-0.15, -0.1) is 0 Å². The van der Waals surface area contributed by atoms with Crippen molar-refractivity contribution >= 4 is 6.29 Å². The molecule has 3 atom stereocenters. The molecule has 1 heterocycles. The molecule has 1 saturated carbocycles. The normalized spacial score (nSPS) is 45.3. The van der Waals surface area contributed by atoms with Gasteiger partial charge in [0, 0.05) is 12.5 Å². The molecule has 74 valence electrons. The fourth-order valence-corrected chi connectivity index (χ4v) is 2.67. The average Bonchev–Trinajstić information content (AvgIpc) is 2.73. The number of hydrogen-bond donors (Lipinski definition) is 1. The van der Waals surface area contributed by atoms with Crippen LogP contribution in [0.25, 0.3) is 0 Å². The summed E-state index contributed by atoms with van der Waals surface area (Å²) >= 11 is 0. The quantitative estimate of drug-likeness (QED) is 0.648. The Bertz CT molecular complexity index is 196. The molecule has 1 aliphatic heterocycles. The number of aliphatic hydroxyl groups is 1. The van der Waals surface area contributed by atoms with Gasteiger partial charge < -0.3 is 14.6 Å². The highest BCUT2D eigenvalue weighted by Crippen LogP contribution is 2.41. The van der Waals surface area contributed by atoms with E-state index in [1.54, 1.807) is 0 Å². The van der Waals surface area contributed by atoms with Gasteiger partial charge in [-0.2, -0.15) is 0 Å². The summed E-state index contributed by atoms with van der Waals surface area (Å²) in [5.74, 6) is 0.0486. The summed E-state index contributed by atoms with van der Waals surface area (Å²) in [6.45, 7) is 0.669. The van der Waals surface area contributed by atoms with E-state index in [1.807, 2.05) is 0 Å². The van der Waals surface area contributed by atoms with E-state index in [2.05, 4.69) is 0 Å². The lowest BCUT2D eigenvalue weighted by atomic mass is 9.83. The zero-order chi connectivity index (χ0) is 9.31. The van der Waals surface area contributed by atoms with Crippen molar-refractivity contribution in [2.75, 3.05) is 6.61 Å². The number of carbonyl (C=O) groups is 1. The number of hydrogen-bond acceptors (Lipinski definition) is 3. The summed E-state index contributed by atoms with van der Waals surface area (Å²) in [5, 5.41) is 9.71. The van der Waals surface area contributed by atoms with Crippen molar-refractivity contribution in [3.8, 4) is 0 Å². The first-order chi connectivity index (χ1) is 6.28. The Hall–Kier alpha value is -0.410. The molecule has 0 spiro atoms. The minimum absolute atomic E-state index is 0.0486. The van der Waals surface area contributed by atoms with Gasteiger partial charge in [0.25, 0.3) is 0 Å². The zero-order valence-electron chi connectivity index (χ0n) is 7.74. The lowest BCUT2D eigenvalue weighted by Crippen LogP contribution is -2.42. The van der Waals surface area contributed by atoms with Gasteiger partial charge in [0.2, 0.25) is 0 Å². The Labute approximate surface area is 78.1 Å². The molecule has 0 bridgehead atoms. The third-order valence-corrected chi connectivity index (χ3v) is 3.39. The summed E-state index contributed by atoms with van der Waals surface area (Å²) in [6, 6.07) is 0. The molecular weight excluding hydrogens is 168 g/mol. The summed E-state index contributed by atoms with van der Waals surface area (Å²) in [4.78, 5) is 11.0. The second-order valence-electron chi connectivity index (χ2n) is 4.13. The third kappa shape index (κ3) is 1.40. The van der Waals surface area contributed by atoms with Crippen molar-refractivity contribution in [1.29, 1.82) is 0 Å². The summed E-state index contributed by atoms with van der Waals surface area (Å²) < 4.78 is 5.52. The Morgan fingerprint density at radius 1 is 1.38 bits per heavy atom. The molecule has 2 rings (SSSR count). The fourth-order valence-electron chi connectivity index (χ4n) is 2.67. The molecule has 2 aliphatic rings. The van der Waals surface area contributed by atoms with Crippen LogP contribution in [0.4, 0.5) is 0 Å². The van der Waals surface area contributed by atoms with Crippen LogP contribution in [-0.2, 0) is 9.53 Å². The predicted octanol–water partition coefficient (Wildman–Crippen LogP) is 0.895. The molecule has 3 unspecified atom stereocenters. The van der Waals surface area contributed by atoms with Crippen LogP contribution in [0.15, 0.2) is 0 Å². The van der Waals surface area contributed by atoms with E-state index in [0.717, 1.165) is 38.4 Å². The smallest absolute Gasteiger partial charge is 0.152 e. The van der Waals surface area contributed by atoms with Gasteiger partial charge in [-0.3, -0.25) is 0 Å². The minimum atomic E-state index is -0.643. The molecule has 0 aromatic carbocycles. The Morgan fingerprint density at radius 3 is 2.69 bits per heavy atom. The van der Waals surface area contributed by atoms with Gasteiger partial charge >= 0.3 is 0 Å². The van der Waals surface area contributed by atoms with Crippen molar-refractivity contribution in [3.63, 3.8) is 0 Å². The van der Waals surface area contributed by atoms with Crippen LogP contribution in [0.3, 0.4) is 0 Å². The second kappa shape index (κ2) is 3.39. The van der Waals surface area contributed by atoms with Gasteiger partial charge in [-0.25, -0.2) is 0 Å². The highest BCUT2D eigenvalue weighted by molar-refractivity contribution is 5.64. The van der Waals surface area contributed by atoms with Crippen molar-refractivity contribution in [2.24, 2.45) is 5.92 Å². The van der Waals surface area contributed by atoms with Crippen LogP contribution in [0.5, 0.6) is 0 Å². The van der Waals surface area contributed by atoms with Crippen LogP contribution < -0.4 is 0 Å². The minimum Gasteiger partial charge on any atom is -0.393 e. The van der Waals surface area contributed by atoms with Crippen LogP contribution in [0.2, 0.25) is 0 Å². The topological polar surface area (TPSA) is 46.5 Å². The molecule has 1 N–H and O–H groups in total. The largest absolute Gasteiger partial charge is 0.393 e. The molecule has 3 heteroatoms. The van der Waals surface area contributed by atoms with E-state index in [1.165, 1.54) is 0 Å². The third-order valence-electron chi connectivity index (χ3n) is 3.39. The molecule has 13 heavy (non-hydrogen) atoms. The zero-order valence-corrected chi connectivity index (χ0v) is 7.74. The summed E-state index contributed by atoms with van der Waals surface area (Å²) in [5.41, 5.74) is -0.643. The monoisotopic (exact) mass is 184 g/mol. The summed E-state index contributed by atoms with van der Waals surface area (Å²) in [7, 11) is 0. The highest BCUT2D eigenvalue weighted by atomic mass is 16.5. The lowest BCUT2D eigenvalue weighted by Gasteiger charge is -2.30. The maximum atomic E-state index is 11.0. The Kier molecular flexibility index (Phi) is 2.39. The van der Waals surface area contributed by atoms with E-state index in [0.29, 0.717) is 6.61 Å². The molecule has 0 aromatic rings. The van der Waals surface area contributed by atoms with E-state index in [4.69, 9.17) is 4.74 Å². The Balaban J connectivity index is 2.15. The van der Waals surface area contributed by atoms with Crippen molar-refractivity contribution in [3.05, 3.63) is 0 Å². The number of ether oxygens (including phenoxy) is 1. The number of carbonyl (C=O) groups excluding carboxylic acids is 1. The fraction of sp³-hybridized carbons (Fsp3) is 0.900. The molecule has 1 aliphatic carbocycles. The SMILES string of the molecule is O=CC1(C2CCCC2O)CCCO1. The van der Waals surface area contributed by atoms with Gasteiger partial charge in [0.05, 0.1) is 6.10 Å². The first kappa shape index (κ1) is 9.16. The molecule has 0 aromatic heterocycles. The van der Waals surface area contributed by atoms with Gasteiger partial charge in [-0.05, 0) is 25.7 Å². The Morgan fingerprint density at radius 2 is 2.23 bits per heavy atom. The van der Waals surface area contributed by atoms with Crippen molar-refractivity contribution in [1.82, 2.24) is 0 Å². The van der Waals surface area contributed by atoms with E-state index < -0.39 is 5.60 Å². The maximum Gasteiger partial charge on any atom is 0.152 e. The van der Waals surface area contributed by atoms with Crippen LogP contribution in [0, 0.1) is 5.92 Å². The van der Waals surface area contributed by atoms with E-state index in [-0.39, 0.29) is 12.0 Å². The lowest BCUT2D eigenvalue weighted by molar-refractivity contribution is -0.136. The predicted molar refractivity (Wildman–Crippen MR) is 47.3 cm³/mol. The molecule has 3 nitrogen and oxygen atoms in total. The first-order valence-electron chi connectivity index (χ1n) is 5.07. The molecular formula is C10H16O3. The van der Waals surface area contributed by atoms with E-state index in [9.17, 15) is 9.90 Å². The van der Waals surface area contributed by atoms with E-state index >= 15 is 0 Å². The molecule has 1 saturated heterocycles. The van der Waals surface area contributed by atoms with Gasteiger partial charge in [-0.1, -0.05) is 6.42 Å². The summed E-state index contributed by atoms with van der Waals surface area (Å²) in [6.07, 6.45) is 5.09. The second-order valence-corrected chi connectivity index (χ2v) is 4.13. The van der Waals surface area contributed by atoms with Gasteiger partial charge in [0.15, 0.2) is 6.29 Å². The van der Waals surface area contributed by atoms with Crippen molar-refractivity contribution < 1.29 is 14.6 Å². The standard InChI is InChI=1S/C10H16O3/c11-7-10(5-2-6-13-10)8-3-1-4-9(8)12/h7-9,12H,1-6H2. The van der Waals surface area contributed by atoms with Crippen LogP contribution >= 0.6 is 0 Å². The highest BCUT2D eigenvalue weighted by Gasteiger charge is 2.47. The van der Waals surface area contributed by atoms with Crippen LogP contribution in [0.1, 0.15) is 32.1 Å².